The second kappa shape index (κ2) is 9.31. The van der Waals surface area contributed by atoms with E-state index in [2.05, 4.69) is 113 Å². The van der Waals surface area contributed by atoms with E-state index in [9.17, 15) is 0 Å². The smallest absolute Gasteiger partial charge is 0.399 e. The first kappa shape index (κ1) is 27.4. The van der Waals surface area contributed by atoms with E-state index in [1.54, 1.807) is 11.1 Å². The maximum absolute atomic E-state index is 6.36. The predicted molar refractivity (Wildman–Crippen MR) is 186 cm³/mol. The number of fused-ring (bicyclic) bond motifs is 11. The highest BCUT2D eigenvalue weighted by Gasteiger charge is 2.53. The van der Waals surface area contributed by atoms with Crippen molar-refractivity contribution >= 4 is 44.1 Å². The summed E-state index contributed by atoms with van der Waals surface area (Å²) in [5, 5.41) is 2.63. The zero-order chi connectivity index (χ0) is 30.0. The van der Waals surface area contributed by atoms with Gasteiger partial charge in [-0.1, -0.05) is 67.6 Å². The molecule has 4 heteroatoms. The summed E-state index contributed by atoms with van der Waals surface area (Å²) in [5.41, 5.74) is 9.36. The first-order valence-corrected chi connectivity index (χ1v) is 17.5. The maximum atomic E-state index is 6.36. The SMILES string of the molecule is CC1CC2CCC3(c4ccccc4-c4cc(-c5ccc6c(c5)sc5cc(B7OC(C)(C)C(C)(C)O7)ccc56)ccc43)C(C1)C2. The van der Waals surface area contributed by atoms with Crippen LogP contribution in [0.25, 0.3) is 42.4 Å². The molecule has 2 nitrogen and oxygen atoms in total. The van der Waals surface area contributed by atoms with Crippen molar-refractivity contribution in [3.63, 3.8) is 0 Å². The van der Waals surface area contributed by atoms with Gasteiger partial charge in [0.05, 0.1) is 11.2 Å². The Morgan fingerprint density at radius 2 is 1.39 bits per heavy atom. The fourth-order valence-electron chi connectivity index (χ4n) is 9.42. The van der Waals surface area contributed by atoms with E-state index < -0.39 is 0 Å². The first-order chi connectivity index (χ1) is 21.1. The second-order valence-corrected chi connectivity index (χ2v) is 16.4. The Kier molecular flexibility index (Phi) is 5.80. The van der Waals surface area contributed by atoms with Gasteiger partial charge in [0.25, 0.3) is 0 Å². The predicted octanol–water partition coefficient (Wildman–Crippen LogP) is 10.1. The highest BCUT2D eigenvalue weighted by Crippen LogP contribution is 2.62. The summed E-state index contributed by atoms with van der Waals surface area (Å²) in [6, 6.07) is 30.5. The Hall–Kier alpha value is -2.92. The van der Waals surface area contributed by atoms with E-state index in [1.165, 1.54) is 74.5 Å². The molecule has 3 fully saturated rings. The Balaban J connectivity index is 1.10. The molecule has 1 aromatic heterocycles. The minimum Gasteiger partial charge on any atom is -0.399 e. The largest absolute Gasteiger partial charge is 0.494 e. The monoisotopic (exact) mass is 596 g/mol. The molecule has 1 aliphatic heterocycles. The molecule has 4 aliphatic rings. The Morgan fingerprint density at radius 3 is 2.20 bits per heavy atom. The van der Waals surface area contributed by atoms with Gasteiger partial charge in [0.1, 0.15) is 0 Å². The van der Waals surface area contributed by atoms with Gasteiger partial charge in [0.15, 0.2) is 0 Å². The summed E-state index contributed by atoms with van der Waals surface area (Å²) < 4.78 is 15.3. The molecular weight excluding hydrogens is 555 g/mol. The van der Waals surface area contributed by atoms with Crippen LogP contribution in [0.15, 0.2) is 78.9 Å². The van der Waals surface area contributed by atoms with Gasteiger partial charge in [0, 0.05) is 25.6 Å². The fraction of sp³-hybridized carbons (Fsp3) is 0.400. The minimum atomic E-state index is -0.341. The molecule has 3 aliphatic carbocycles. The topological polar surface area (TPSA) is 18.5 Å². The molecule has 2 bridgehead atoms. The van der Waals surface area contributed by atoms with Crippen LogP contribution in [0, 0.1) is 17.8 Å². The van der Waals surface area contributed by atoms with Crippen molar-refractivity contribution in [2.24, 2.45) is 17.8 Å². The van der Waals surface area contributed by atoms with Crippen molar-refractivity contribution in [3.05, 3.63) is 90.0 Å². The quantitative estimate of drug-likeness (QED) is 0.189. The molecule has 5 aromatic rings. The lowest BCUT2D eigenvalue weighted by Gasteiger charge is -2.50. The molecular formula is C40H41BO2S. The lowest BCUT2D eigenvalue weighted by Crippen LogP contribution is -2.44. The average Bonchev–Trinajstić information content (AvgIpc) is 3.58. The molecule has 1 saturated heterocycles. The third-order valence-electron chi connectivity index (χ3n) is 12.2. The summed E-state index contributed by atoms with van der Waals surface area (Å²) in [6.45, 7) is 11.0. The van der Waals surface area contributed by atoms with Crippen molar-refractivity contribution in [1.82, 2.24) is 0 Å². The molecule has 1 spiro atoms. The molecule has 2 saturated carbocycles. The number of hydrogen-bond donors (Lipinski definition) is 0. The lowest BCUT2D eigenvalue weighted by molar-refractivity contribution is 0.00578. The number of rotatable bonds is 2. The van der Waals surface area contributed by atoms with Crippen LogP contribution < -0.4 is 5.46 Å². The van der Waals surface area contributed by atoms with Crippen LogP contribution in [0.5, 0.6) is 0 Å². The molecule has 4 unspecified atom stereocenters. The number of hydrogen-bond acceptors (Lipinski definition) is 3. The van der Waals surface area contributed by atoms with E-state index in [1.807, 2.05) is 11.3 Å². The van der Waals surface area contributed by atoms with Crippen LogP contribution in [0.2, 0.25) is 0 Å². The molecule has 0 N–H and O–H groups in total. The van der Waals surface area contributed by atoms with E-state index in [0.717, 1.165) is 23.2 Å². The van der Waals surface area contributed by atoms with Crippen LogP contribution >= 0.6 is 11.3 Å². The lowest BCUT2D eigenvalue weighted by atomic mass is 9.53. The van der Waals surface area contributed by atoms with Crippen LogP contribution in [-0.4, -0.2) is 18.3 Å². The highest BCUT2D eigenvalue weighted by molar-refractivity contribution is 7.26. The standard InChI is InChI=1S/C40H41BO2S/c1-24-18-25-16-17-40(28(19-24)20-25)34-9-7-6-8-30(34)33-21-26(11-15-35(33)40)27-10-13-31-32-14-12-29(23-37(32)44-36(31)22-27)41-42-38(2,3)39(4,5)43-41/h6-15,21-25,28H,16-20H2,1-5H3. The summed E-state index contributed by atoms with van der Waals surface area (Å²) in [5.74, 6) is 2.52. The maximum Gasteiger partial charge on any atom is 0.494 e. The fourth-order valence-corrected chi connectivity index (χ4v) is 10.6. The number of thiophene rings is 1. The molecule has 4 atom stereocenters. The van der Waals surface area contributed by atoms with Gasteiger partial charge in [-0.3, -0.25) is 0 Å². The van der Waals surface area contributed by atoms with E-state index in [0.29, 0.717) is 0 Å². The van der Waals surface area contributed by atoms with Gasteiger partial charge in [-0.25, -0.2) is 0 Å². The highest BCUT2D eigenvalue weighted by atomic mass is 32.1. The Bertz CT molecular complexity index is 1950. The van der Waals surface area contributed by atoms with Gasteiger partial charge in [-0.05, 0) is 135 Å². The first-order valence-electron chi connectivity index (χ1n) is 16.7. The molecule has 4 aromatic carbocycles. The Morgan fingerprint density at radius 1 is 0.705 bits per heavy atom. The molecule has 9 rings (SSSR count). The van der Waals surface area contributed by atoms with Crippen LogP contribution in [0.1, 0.15) is 77.8 Å². The summed E-state index contributed by atoms with van der Waals surface area (Å²) in [6.07, 6.45) is 6.87. The van der Waals surface area contributed by atoms with Crippen LogP contribution in [-0.2, 0) is 14.7 Å². The third-order valence-corrected chi connectivity index (χ3v) is 13.4. The molecule has 0 radical (unpaired) electrons. The van der Waals surface area contributed by atoms with E-state index in [-0.39, 0.29) is 23.7 Å². The van der Waals surface area contributed by atoms with Crippen molar-refractivity contribution in [2.75, 3.05) is 0 Å². The van der Waals surface area contributed by atoms with Gasteiger partial charge in [-0.2, -0.15) is 0 Å². The molecule has 0 amide bonds. The average molecular weight is 597 g/mol. The third kappa shape index (κ3) is 3.80. The second-order valence-electron chi connectivity index (χ2n) is 15.3. The van der Waals surface area contributed by atoms with Gasteiger partial charge >= 0.3 is 7.12 Å². The minimum absolute atomic E-state index is 0.194. The van der Waals surface area contributed by atoms with Crippen molar-refractivity contribution in [3.8, 4) is 22.3 Å². The van der Waals surface area contributed by atoms with Crippen LogP contribution in [0.4, 0.5) is 0 Å². The van der Waals surface area contributed by atoms with E-state index >= 15 is 0 Å². The van der Waals surface area contributed by atoms with Gasteiger partial charge < -0.3 is 9.31 Å². The van der Waals surface area contributed by atoms with Crippen molar-refractivity contribution in [1.29, 1.82) is 0 Å². The van der Waals surface area contributed by atoms with Crippen molar-refractivity contribution in [2.45, 2.75) is 83.3 Å². The number of benzene rings is 4. The van der Waals surface area contributed by atoms with E-state index in [4.69, 9.17) is 9.31 Å². The van der Waals surface area contributed by atoms with Crippen LogP contribution in [0.3, 0.4) is 0 Å². The van der Waals surface area contributed by atoms with Gasteiger partial charge in [0.2, 0.25) is 0 Å². The van der Waals surface area contributed by atoms with Crippen molar-refractivity contribution < 1.29 is 9.31 Å². The molecule has 44 heavy (non-hydrogen) atoms. The zero-order valence-corrected chi connectivity index (χ0v) is 27.4. The normalized spacial score (nSPS) is 28.1. The summed E-state index contributed by atoms with van der Waals surface area (Å²) in [4.78, 5) is 0. The Labute approximate surface area is 265 Å². The summed E-state index contributed by atoms with van der Waals surface area (Å²) in [7, 11) is -0.338. The zero-order valence-electron chi connectivity index (χ0n) is 26.6. The molecule has 222 valence electrons. The van der Waals surface area contributed by atoms with Gasteiger partial charge in [-0.15, -0.1) is 11.3 Å². The molecule has 2 heterocycles. The summed E-state index contributed by atoms with van der Waals surface area (Å²) >= 11 is 1.87.